The number of aliphatic hydroxyl groups is 1. The van der Waals surface area contributed by atoms with Gasteiger partial charge in [-0.2, -0.15) is 0 Å². The van der Waals surface area contributed by atoms with Crippen molar-refractivity contribution in [1.29, 1.82) is 0 Å². The van der Waals surface area contributed by atoms with Crippen molar-refractivity contribution in [3.63, 3.8) is 0 Å². The van der Waals surface area contributed by atoms with Crippen LogP contribution in [0.4, 0.5) is 0 Å². The fourth-order valence-electron chi connectivity index (χ4n) is 1.04. The van der Waals surface area contributed by atoms with Crippen LogP contribution in [0, 0.1) is 0 Å². The van der Waals surface area contributed by atoms with Crippen LogP contribution >= 0.6 is 12.2 Å². The van der Waals surface area contributed by atoms with Crippen molar-refractivity contribution >= 4 is 17.2 Å². The molecular weight excluding hydrogens is 182 g/mol. The van der Waals surface area contributed by atoms with E-state index in [9.17, 15) is 0 Å². The van der Waals surface area contributed by atoms with Crippen molar-refractivity contribution < 1.29 is 5.11 Å². The highest BCUT2D eigenvalue weighted by atomic mass is 32.1. The molecule has 0 atom stereocenters. The van der Waals surface area contributed by atoms with Gasteiger partial charge >= 0.3 is 0 Å². The number of aliphatic hydroxyl groups excluding tert-OH is 1. The van der Waals surface area contributed by atoms with Gasteiger partial charge in [0.15, 0.2) is 0 Å². The van der Waals surface area contributed by atoms with E-state index < -0.39 is 0 Å². The molecule has 0 bridgehead atoms. The Balaban J connectivity index is 2.37. The molecule has 0 heterocycles. The molecule has 70 valence electrons. The third-order valence-electron chi connectivity index (χ3n) is 1.64. The van der Waals surface area contributed by atoms with E-state index in [0.717, 1.165) is 11.4 Å². The Hall–Kier alpha value is -0.930. The first-order chi connectivity index (χ1) is 6.33. The van der Waals surface area contributed by atoms with Crippen molar-refractivity contribution in [3.05, 3.63) is 35.9 Å². The van der Waals surface area contributed by atoms with Crippen LogP contribution in [-0.4, -0.2) is 23.2 Å². The van der Waals surface area contributed by atoms with Crippen LogP contribution in [0.1, 0.15) is 5.56 Å². The molecule has 1 aromatic carbocycles. The van der Waals surface area contributed by atoms with Gasteiger partial charge in [0.1, 0.15) is 0 Å². The lowest BCUT2D eigenvalue weighted by Gasteiger charge is -2.05. The third-order valence-corrected chi connectivity index (χ3v) is 1.93. The molecule has 0 aromatic heterocycles. The highest BCUT2D eigenvalue weighted by molar-refractivity contribution is 7.80. The van der Waals surface area contributed by atoms with Crippen LogP contribution in [0.3, 0.4) is 0 Å². The zero-order chi connectivity index (χ0) is 9.52. The fraction of sp³-hybridized carbons (Fsp3) is 0.300. The molecule has 0 aliphatic carbocycles. The van der Waals surface area contributed by atoms with Crippen LogP contribution in [-0.2, 0) is 6.42 Å². The Morgan fingerprint density at radius 2 is 2.00 bits per heavy atom. The maximum atomic E-state index is 8.56. The summed E-state index contributed by atoms with van der Waals surface area (Å²) in [6, 6.07) is 10.0. The van der Waals surface area contributed by atoms with Crippen molar-refractivity contribution in [2.24, 2.45) is 0 Å². The van der Waals surface area contributed by atoms with Gasteiger partial charge in [-0.1, -0.05) is 42.5 Å². The summed E-state index contributed by atoms with van der Waals surface area (Å²) in [6.07, 6.45) is 0.746. The molecular formula is C10H13NOS. The molecule has 0 saturated carbocycles. The van der Waals surface area contributed by atoms with Crippen molar-refractivity contribution in [2.45, 2.75) is 6.42 Å². The van der Waals surface area contributed by atoms with E-state index in [1.54, 1.807) is 0 Å². The van der Waals surface area contributed by atoms with Gasteiger partial charge in [-0.3, -0.25) is 0 Å². The Kier molecular flexibility index (Phi) is 4.43. The molecule has 0 spiro atoms. The van der Waals surface area contributed by atoms with Crippen molar-refractivity contribution in [2.75, 3.05) is 13.2 Å². The van der Waals surface area contributed by atoms with Gasteiger partial charge in [0.2, 0.25) is 0 Å². The van der Waals surface area contributed by atoms with Gasteiger partial charge in [-0.15, -0.1) is 0 Å². The molecule has 0 aliphatic rings. The van der Waals surface area contributed by atoms with E-state index in [0.29, 0.717) is 6.54 Å². The summed E-state index contributed by atoms with van der Waals surface area (Å²) in [5, 5.41) is 11.5. The predicted octanol–water partition coefficient (Wildman–Crippen LogP) is 1.14. The van der Waals surface area contributed by atoms with Gasteiger partial charge < -0.3 is 10.4 Å². The predicted molar refractivity (Wildman–Crippen MR) is 57.8 cm³/mol. The molecule has 0 unspecified atom stereocenters. The van der Waals surface area contributed by atoms with Crippen LogP contribution < -0.4 is 5.32 Å². The molecule has 0 amide bonds. The molecule has 2 N–H and O–H groups in total. The summed E-state index contributed by atoms with van der Waals surface area (Å²) < 4.78 is 0. The quantitative estimate of drug-likeness (QED) is 0.707. The second-order valence-corrected chi connectivity index (χ2v) is 3.23. The van der Waals surface area contributed by atoms with E-state index >= 15 is 0 Å². The number of hydrogen-bond donors (Lipinski definition) is 2. The van der Waals surface area contributed by atoms with Gasteiger partial charge in [-0.05, 0) is 5.56 Å². The molecule has 0 saturated heterocycles. The molecule has 0 radical (unpaired) electrons. The van der Waals surface area contributed by atoms with E-state index in [-0.39, 0.29) is 6.61 Å². The summed E-state index contributed by atoms with van der Waals surface area (Å²) in [5.41, 5.74) is 1.19. The highest BCUT2D eigenvalue weighted by Crippen LogP contribution is 1.99. The topological polar surface area (TPSA) is 32.3 Å². The smallest absolute Gasteiger partial charge is 0.0798 e. The van der Waals surface area contributed by atoms with Gasteiger partial charge in [0.05, 0.1) is 11.6 Å². The van der Waals surface area contributed by atoms with E-state index in [1.165, 1.54) is 5.56 Å². The molecule has 1 rings (SSSR count). The normalized spacial score (nSPS) is 9.62. The maximum Gasteiger partial charge on any atom is 0.0798 e. The zero-order valence-corrected chi connectivity index (χ0v) is 8.18. The lowest BCUT2D eigenvalue weighted by molar-refractivity contribution is 0.300. The number of benzene rings is 1. The second kappa shape index (κ2) is 5.67. The van der Waals surface area contributed by atoms with Gasteiger partial charge in [0.25, 0.3) is 0 Å². The van der Waals surface area contributed by atoms with E-state index in [2.05, 4.69) is 5.32 Å². The number of rotatable bonds is 4. The van der Waals surface area contributed by atoms with Crippen LogP contribution in [0.2, 0.25) is 0 Å². The van der Waals surface area contributed by atoms with Crippen molar-refractivity contribution in [3.8, 4) is 0 Å². The first kappa shape index (κ1) is 10.2. The first-order valence-electron chi connectivity index (χ1n) is 4.24. The lowest BCUT2D eigenvalue weighted by atomic mass is 10.1. The van der Waals surface area contributed by atoms with Gasteiger partial charge in [0, 0.05) is 13.0 Å². The highest BCUT2D eigenvalue weighted by Gasteiger charge is 1.96. The molecule has 0 aliphatic heterocycles. The summed E-state index contributed by atoms with van der Waals surface area (Å²) in [4.78, 5) is 0.778. The molecule has 2 nitrogen and oxygen atoms in total. The standard InChI is InChI=1S/C10H13NOS/c12-7-6-11-10(13)8-9-4-2-1-3-5-9/h1-5,12H,6-8H2,(H,11,13). The summed E-state index contributed by atoms with van der Waals surface area (Å²) in [7, 11) is 0. The molecule has 13 heavy (non-hydrogen) atoms. The Labute approximate surface area is 83.6 Å². The second-order valence-electron chi connectivity index (χ2n) is 2.74. The number of hydrogen-bond acceptors (Lipinski definition) is 2. The van der Waals surface area contributed by atoms with Crippen molar-refractivity contribution in [1.82, 2.24) is 5.32 Å². The Bertz CT molecular complexity index is 261. The largest absolute Gasteiger partial charge is 0.395 e. The summed E-state index contributed by atoms with van der Waals surface area (Å²) in [5.74, 6) is 0. The summed E-state index contributed by atoms with van der Waals surface area (Å²) >= 11 is 5.08. The van der Waals surface area contributed by atoms with Crippen LogP contribution in [0.15, 0.2) is 30.3 Å². The minimum atomic E-state index is 0.120. The molecule has 0 fully saturated rings. The Morgan fingerprint density at radius 3 is 2.62 bits per heavy atom. The lowest BCUT2D eigenvalue weighted by Crippen LogP contribution is -2.26. The van der Waals surface area contributed by atoms with Crippen LogP contribution in [0.25, 0.3) is 0 Å². The minimum absolute atomic E-state index is 0.120. The molecule has 1 aromatic rings. The van der Waals surface area contributed by atoms with E-state index in [4.69, 9.17) is 17.3 Å². The Morgan fingerprint density at radius 1 is 1.31 bits per heavy atom. The average molecular weight is 195 g/mol. The number of thiocarbonyl (C=S) groups is 1. The van der Waals surface area contributed by atoms with E-state index in [1.807, 2.05) is 30.3 Å². The van der Waals surface area contributed by atoms with Gasteiger partial charge in [-0.25, -0.2) is 0 Å². The number of nitrogens with one attached hydrogen (secondary N) is 1. The van der Waals surface area contributed by atoms with Crippen LogP contribution in [0.5, 0.6) is 0 Å². The zero-order valence-electron chi connectivity index (χ0n) is 7.36. The molecule has 3 heteroatoms. The first-order valence-corrected chi connectivity index (χ1v) is 4.65. The monoisotopic (exact) mass is 195 g/mol. The summed E-state index contributed by atoms with van der Waals surface area (Å²) in [6.45, 7) is 0.653. The maximum absolute atomic E-state index is 8.56. The average Bonchev–Trinajstić information content (AvgIpc) is 2.16. The minimum Gasteiger partial charge on any atom is -0.395 e. The SMILES string of the molecule is OCCNC(=S)Cc1ccccc1. The fourth-order valence-corrected chi connectivity index (χ4v) is 1.31. The third kappa shape index (κ3) is 4.01.